The molecule has 0 radical (unpaired) electrons. The highest BCUT2D eigenvalue weighted by molar-refractivity contribution is 7.13. The van der Waals surface area contributed by atoms with Crippen molar-refractivity contribution >= 4 is 9.39 Å². The fourth-order valence-electron chi connectivity index (χ4n) is 0.711. The van der Waals surface area contributed by atoms with Crippen molar-refractivity contribution in [3.05, 3.63) is 0 Å². The number of hydrogen-bond acceptors (Lipinski definition) is 3. The average molecular weight is 134 g/mol. The second-order valence-corrected chi connectivity index (χ2v) is 2.72. The van der Waals surface area contributed by atoms with Crippen LogP contribution in [0.1, 0.15) is 0 Å². The van der Waals surface area contributed by atoms with Gasteiger partial charge in [-0.25, -0.2) is 0 Å². The fourth-order valence-corrected chi connectivity index (χ4v) is 0.942. The molecule has 0 aromatic carbocycles. The lowest BCUT2D eigenvalue weighted by atomic mass is 10.4. The molecule has 0 spiro atoms. The third-order valence-electron chi connectivity index (χ3n) is 1.29. The summed E-state index contributed by atoms with van der Waals surface area (Å²) in [5.74, 6) is 0. The van der Waals surface area contributed by atoms with Crippen LogP contribution >= 0.6 is 9.39 Å². The first kappa shape index (κ1) is 6.43. The fraction of sp³-hybridized carbons (Fsp3) is 1.00. The summed E-state index contributed by atoms with van der Waals surface area (Å²) in [6, 6.07) is 0. The van der Waals surface area contributed by atoms with E-state index in [4.69, 9.17) is 5.21 Å². The van der Waals surface area contributed by atoms with Gasteiger partial charge in [-0.1, -0.05) is 9.39 Å². The molecule has 8 heavy (non-hydrogen) atoms. The first-order valence-electron chi connectivity index (χ1n) is 2.72. The highest BCUT2D eigenvalue weighted by Crippen LogP contribution is 2.02. The van der Waals surface area contributed by atoms with Gasteiger partial charge in [0.05, 0.1) is 0 Å². The van der Waals surface area contributed by atoms with Gasteiger partial charge in [-0.15, -0.1) is 0 Å². The van der Waals surface area contributed by atoms with Crippen molar-refractivity contribution in [2.24, 2.45) is 0 Å². The van der Waals surface area contributed by atoms with Crippen molar-refractivity contribution in [2.45, 2.75) is 0 Å². The predicted octanol–water partition coefficient (Wildman–Crippen LogP) is -0.217. The summed E-state index contributed by atoms with van der Waals surface area (Å²) in [6.07, 6.45) is 0. The van der Waals surface area contributed by atoms with Crippen LogP contribution < -0.4 is 0 Å². The Morgan fingerprint density at radius 3 is 2.00 bits per heavy atom. The van der Waals surface area contributed by atoms with Crippen molar-refractivity contribution < 1.29 is 5.21 Å². The van der Waals surface area contributed by atoms with E-state index >= 15 is 0 Å². The van der Waals surface area contributed by atoms with E-state index in [1.807, 2.05) is 0 Å². The van der Waals surface area contributed by atoms with Crippen molar-refractivity contribution in [1.29, 1.82) is 0 Å². The van der Waals surface area contributed by atoms with Crippen LogP contribution in [0.15, 0.2) is 0 Å². The van der Waals surface area contributed by atoms with Gasteiger partial charge in [0.1, 0.15) is 0 Å². The van der Waals surface area contributed by atoms with Crippen LogP contribution in [0.5, 0.6) is 0 Å². The average Bonchev–Trinajstić information content (AvgIpc) is 1.77. The molecular weight excluding hydrogens is 123 g/mol. The van der Waals surface area contributed by atoms with Crippen LogP contribution in [0, 0.1) is 0 Å². The van der Waals surface area contributed by atoms with E-state index in [1.165, 1.54) is 5.06 Å². The van der Waals surface area contributed by atoms with Gasteiger partial charge in [-0.05, 0) is 0 Å². The zero-order valence-corrected chi connectivity index (χ0v) is 5.90. The monoisotopic (exact) mass is 134 g/mol. The zero-order chi connectivity index (χ0) is 5.98. The minimum absolute atomic E-state index is 0.767. The van der Waals surface area contributed by atoms with Gasteiger partial charge in [0.25, 0.3) is 0 Å². The largest absolute Gasteiger partial charge is 0.314 e. The second kappa shape index (κ2) is 2.74. The van der Waals surface area contributed by atoms with Crippen LogP contribution in [0.3, 0.4) is 0 Å². The van der Waals surface area contributed by atoms with Crippen LogP contribution in [-0.2, 0) is 0 Å². The van der Waals surface area contributed by atoms with E-state index in [2.05, 4.69) is 14.1 Å². The van der Waals surface area contributed by atoms with E-state index in [0.29, 0.717) is 0 Å². The number of hydroxylamine groups is 2. The van der Waals surface area contributed by atoms with Crippen molar-refractivity contribution in [1.82, 2.24) is 9.73 Å². The molecule has 0 aromatic rings. The third kappa shape index (κ3) is 1.67. The molecule has 1 N–H and O–H groups in total. The lowest BCUT2D eigenvalue weighted by Gasteiger charge is -2.27. The second-order valence-electron chi connectivity index (χ2n) is 1.99. The van der Waals surface area contributed by atoms with Gasteiger partial charge in [-0.2, -0.15) is 5.06 Å². The molecule has 1 unspecified atom stereocenters. The normalized spacial score (nSPS) is 26.2. The molecule has 4 heteroatoms. The highest BCUT2D eigenvalue weighted by Gasteiger charge is 2.09. The van der Waals surface area contributed by atoms with Gasteiger partial charge in [0, 0.05) is 26.2 Å². The Morgan fingerprint density at radius 2 is 1.62 bits per heavy atom. The summed E-state index contributed by atoms with van der Waals surface area (Å²) in [5.41, 5.74) is 0. The molecular formula is C4H11N2OP. The van der Waals surface area contributed by atoms with E-state index in [1.54, 1.807) is 0 Å². The Kier molecular flexibility index (Phi) is 2.20. The van der Waals surface area contributed by atoms with Gasteiger partial charge in [0.15, 0.2) is 0 Å². The third-order valence-corrected chi connectivity index (χ3v) is 1.81. The van der Waals surface area contributed by atoms with Crippen LogP contribution in [-0.4, -0.2) is 41.1 Å². The first-order chi connectivity index (χ1) is 3.79. The van der Waals surface area contributed by atoms with Gasteiger partial charge >= 0.3 is 0 Å². The summed E-state index contributed by atoms with van der Waals surface area (Å²) in [6.45, 7) is 3.43. The van der Waals surface area contributed by atoms with Gasteiger partial charge in [0.2, 0.25) is 0 Å². The van der Waals surface area contributed by atoms with Crippen molar-refractivity contribution in [2.75, 3.05) is 26.2 Å². The molecule has 1 fully saturated rings. The Bertz CT molecular complexity index is 62.4. The number of nitrogens with zero attached hydrogens (tertiary/aromatic N) is 2. The standard InChI is InChI=1S/C4H11N2OP/c7-5-1-3-6(8)4-2-5/h7H,1-4,8H2. The number of rotatable bonds is 0. The first-order valence-corrected chi connectivity index (χ1v) is 3.24. The zero-order valence-electron chi connectivity index (χ0n) is 4.75. The summed E-state index contributed by atoms with van der Waals surface area (Å²) in [7, 11) is 2.62. The summed E-state index contributed by atoms with van der Waals surface area (Å²) in [4.78, 5) is 0. The van der Waals surface area contributed by atoms with E-state index in [0.717, 1.165) is 26.2 Å². The lowest BCUT2D eigenvalue weighted by Crippen LogP contribution is -2.39. The molecule has 1 saturated heterocycles. The Labute approximate surface area is 51.5 Å². The van der Waals surface area contributed by atoms with Gasteiger partial charge in [-0.3, -0.25) is 4.67 Å². The topological polar surface area (TPSA) is 26.7 Å². The Hall–Kier alpha value is 0.310. The molecule has 1 aliphatic heterocycles. The molecule has 1 rings (SSSR count). The SMILES string of the molecule is ON1CCN(P)CC1. The molecule has 0 aliphatic carbocycles. The molecule has 0 amide bonds. The molecule has 0 bridgehead atoms. The summed E-state index contributed by atoms with van der Waals surface area (Å²) >= 11 is 0. The minimum atomic E-state index is 0.767. The highest BCUT2D eigenvalue weighted by atomic mass is 31.0. The molecule has 48 valence electrons. The van der Waals surface area contributed by atoms with E-state index in [-0.39, 0.29) is 0 Å². The summed E-state index contributed by atoms with van der Waals surface area (Å²) < 4.78 is 2.12. The maximum absolute atomic E-state index is 8.82. The Balaban J connectivity index is 2.19. The quantitative estimate of drug-likeness (QED) is 0.464. The molecule has 1 atom stereocenters. The smallest absolute Gasteiger partial charge is 0.0369 e. The number of piperazine rings is 1. The summed E-state index contributed by atoms with van der Waals surface area (Å²) in [5, 5.41) is 10.2. The number of hydrogen-bond donors (Lipinski definition) is 1. The molecule has 1 heterocycles. The van der Waals surface area contributed by atoms with E-state index < -0.39 is 0 Å². The molecule has 0 aromatic heterocycles. The molecule has 3 nitrogen and oxygen atoms in total. The van der Waals surface area contributed by atoms with Crippen molar-refractivity contribution in [3.8, 4) is 0 Å². The van der Waals surface area contributed by atoms with Crippen LogP contribution in [0.2, 0.25) is 0 Å². The molecule has 0 saturated carbocycles. The van der Waals surface area contributed by atoms with E-state index in [9.17, 15) is 0 Å². The lowest BCUT2D eigenvalue weighted by molar-refractivity contribution is -0.107. The van der Waals surface area contributed by atoms with Gasteiger partial charge < -0.3 is 5.21 Å². The maximum atomic E-state index is 8.82. The maximum Gasteiger partial charge on any atom is 0.0369 e. The van der Waals surface area contributed by atoms with Crippen LogP contribution in [0.4, 0.5) is 0 Å². The van der Waals surface area contributed by atoms with Crippen molar-refractivity contribution in [3.63, 3.8) is 0 Å². The predicted molar refractivity (Wildman–Crippen MR) is 34.6 cm³/mol. The molecule has 1 aliphatic rings. The Morgan fingerprint density at radius 1 is 1.12 bits per heavy atom. The van der Waals surface area contributed by atoms with Crippen LogP contribution in [0.25, 0.3) is 0 Å². The minimum Gasteiger partial charge on any atom is -0.314 e.